The fraction of sp³-hybridized carbons (Fsp3) is 0.412. The van der Waals surface area contributed by atoms with Crippen LogP contribution >= 0.6 is 15.9 Å². The summed E-state index contributed by atoms with van der Waals surface area (Å²) in [6.07, 6.45) is 2.32. The molecule has 0 N–H and O–H groups in total. The minimum absolute atomic E-state index is 0.330. The minimum Gasteiger partial charge on any atom is -0.0885 e. The van der Waals surface area contributed by atoms with Crippen molar-refractivity contribution in [2.75, 3.05) is 0 Å². The van der Waals surface area contributed by atoms with Crippen molar-refractivity contribution in [2.24, 2.45) is 5.41 Å². The first-order chi connectivity index (χ1) is 8.47. The number of rotatable bonds is 3. The predicted octanol–water partition coefficient (Wildman–Crippen LogP) is 5.58. The molecule has 0 aliphatic rings. The van der Waals surface area contributed by atoms with Gasteiger partial charge in [-0.05, 0) is 34.6 Å². The Morgan fingerprint density at radius 2 is 1.67 bits per heavy atom. The molecule has 0 aromatic heterocycles. The summed E-state index contributed by atoms with van der Waals surface area (Å²) >= 11 is 3.81. The van der Waals surface area contributed by atoms with E-state index in [9.17, 15) is 0 Å². The van der Waals surface area contributed by atoms with Crippen LogP contribution in [0.25, 0.3) is 10.8 Å². The Morgan fingerprint density at radius 3 is 2.33 bits per heavy atom. The Hall–Kier alpha value is -0.820. The number of hydrogen-bond donors (Lipinski definition) is 0. The first kappa shape index (κ1) is 13.6. The molecule has 0 saturated heterocycles. The lowest BCUT2D eigenvalue weighted by molar-refractivity contribution is 0.386. The standard InChI is InChI=1S/C17H21Br/c1-17(2,3)16(18)11-9-13-8-10-14-6-4-5-7-15(14)12-13/h4-8,10,12,16H,9,11H2,1-3H3. The summed E-state index contributed by atoms with van der Waals surface area (Å²) < 4.78 is 0. The average Bonchev–Trinajstić information content (AvgIpc) is 2.34. The van der Waals surface area contributed by atoms with Crippen molar-refractivity contribution in [2.45, 2.75) is 38.4 Å². The highest BCUT2D eigenvalue weighted by atomic mass is 79.9. The molecule has 0 amide bonds. The maximum Gasteiger partial charge on any atom is 0.0197 e. The van der Waals surface area contributed by atoms with Gasteiger partial charge in [-0.25, -0.2) is 0 Å². The van der Waals surface area contributed by atoms with E-state index in [0.717, 1.165) is 6.42 Å². The van der Waals surface area contributed by atoms with Gasteiger partial charge in [-0.2, -0.15) is 0 Å². The van der Waals surface area contributed by atoms with E-state index in [1.165, 1.54) is 22.8 Å². The molecule has 2 aromatic carbocycles. The summed E-state index contributed by atoms with van der Waals surface area (Å²) in [5.74, 6) is 0. The summed E-state index contributed by atoms with van der Waals surface area (Å²) in [5, 5.41) is 2.67. The highest BCUT2D eigenvalue weighted by Gasteiger charge is 2.21. The molecule has 0 radical (unpaired) electrons. The van der Waals surface area contributed by atoms with Crippen molar-refractivity contribution in [3.8, 4) is 0 Å². The van der Waals surface area contributed by atoms with Crippen LogP contribution < -0.4 is 0 Å². The fourth-order valence-corrected chi connectivity index (χ4v) is 2.35. The Balaban J connectivity index is 2.08. The largest absolute Gasteiger partial charge is 0.0885 e. The molecule has 0 bridgehead atoms. The van der Waals surface area contributed by atoms with Crippen molar-refractivity contribution in [3.63, 3.8) is 0 Å². The Bertz CT molecular complexity index is 522. The number of hydrogen-bond acceptors (Lipinski definition) is 0. The molecule has 0 saturated carbocycles. The smallest absolute Gasteiger partial charge is 0.0197 e. The lowest BCUT2D eigenvalue weighted by Gasteiger charge is -2.25. The molecular weight excluding hydrogens is 284 g/mol. The Labute approximate surface area is 119 Å². The van der Waals surface area contributed by atoms with E-state index < -0.39 is 0 Å². The van der Waals surface area contributed by atoms with E-state index in [-0.39, 0.29) is 0 Å². The van der Waals surface area contributed by atoms with E-state index in [1.807, 2.05) is 0 Å². The number of benzene rings is 2. The fourth-order valence-electron chi connectivity index (χ4n) is 2.12. The summed E-state index contributed by atoms with van der Waals surface area (Å²) in [6, 6.07) is 15.4. The Kier molecular flexibility index (Phi) is 4.11. The molecule has 0 aliphatic heterocycles. The monoisotopic (exact) mass is 304 g/mol. The number of fused-ring (bicyclic) bond motifs is 1. The summed E-state index contributed by atoms with van der Waals surface area (Å²) in [4.78, 5) is 0.566. The highest BCUT2D eigenvalue weighted by molar-refractivity contribution is 9.09. The SMILES string of the molecule is CC(C)(C)C(Br)CCc1ccc2ccccc2c1. The maximum atomic E-state index is 3.81. The van der Waals surface area contributed by atoms with Crippen molar-refractivity contribution < 1.29 is 0 Å². The van der Waals surface area contributed by atoms with Gasteiger partial charge in [0.25, 0.3) is 0 Å². The van der Waals surface area contributed by atoms with E-state index in [2.05, 4.69) is 79.2 Å². The summed E-state index contributed by atoms with van der Waals surface area (Å²) in [5.41, 5.74) is 1.76. The lowest BCUT2D eigenvalue weighted by atomic mass is 9.88. The van der Waals surface area contributed by atoms with Gasteiger partial charge in [-0.15, -0.1) is 0 Å². The van der Waals surface area contributed by atoms with Crippen molar-refractivity contribution in [1.82, 2.24) is 0 Å². The number of aryl methyl sites for hydroxylation is 1. The number of halogens is 1. The average molecular weight is 305 g/mol. The summed E-state index contributed by atoms with van der Waals surface area (Å²) in [6.45, 7) is 6.85. The molecule has 1 heteroatoms. The lowest BCUT2D eigenvalue weighted by Crippen LogP contribution is -2.20. The van der Waals surface area contributed by atoms with Gasteiger partial charge in [0.15, 0.2) is 0 Å². The molecule has 0 spiro atoms. The molecule has 18 heavy (non-hydrogen) atoms. The van der Waals surface area contributed by atoms with Crippen LogP contribution in [0.4, 0.5) is 0 Å². The zero-order valence-corrected chi connectivity index (χ0v) is 13.0. The minimum atomic E-state index is 0.330. The van der Waals surface area contributed by atoms with E-state index in [4.69, 9.17) is 0 Å². The molecule has 2 aromatic rings. The topological polar surface area (TPSA) is 0 Å². The van der Waals surface area contributed by atoms with Crippen LogP contribution in [0.15, 0.2) is 42.5 Å². The molecule has 0 nitrogen and oxygen atoms in total. The van der Waals surface area contributed by atoms with Gasteiger partial charge in [0, 0.05) is 4.83 Å². The molecule has 0 heterocycles. The van der Waals surface area contributed by atoms with Gasteiger partial charge in [-0.3, -0.25) is 0 Å². The van der Waals surface area contributed by atoms with Gasteiger partial charge in [-0.1, -0.05) is 79.2 Å². The van der Waals surface area contributed by atoms with Gasteiger partial charge < -0.3 is 0 Å². The molecule has 1 unspecified atom stereocenters. The van der Waals surface area contributed by atoms with Gasteiger partial charge in [0.1, 0.15) is 0 Å². The molecule has 0 fully saturated rings. The third-order valence-electron chi connectivity index (χ3n) is 3.44. The van der Waals surface area contributed by atoms with Crippen LogP contribution in [0.1, 0.15) is 32.8 Å². The van der Waals surface area contributed by atoms with Crippen LogP contribution in [-0.2, 0) is 6.42 Å². The number of alkyl halides is 1. The zero-order chi connectivity index (χ0) is 13.2. The second-order valence-corrected chi connectivity index (χ2v) is 7.16. The van der Waals surface area contributed by atoms with E-state index >= 15 is 0 Å². The third-order valence-corrected chi connectivity index (χ3v) is 5.27. The van der Waals surface area contributed by atoms with E-state index in [0.29, 0.717) is 10.2 Å². The van der Waals surface area contributed by atoms with Gasteiger partial charge in [0.05, 0.1) is 0 Å². The van der Waals surface area contributed by atoms with Crippen LogP contribution in [0.3, 0.4) is 0 Å². The van der Waals surface area contributed by atoms with Gasteiger partial charge in [0.2, 0.25) is 0 Å². The first-order valence-electron chi connectivity index (χ1n) is 6.58. The van der Waals surface area contributed by atoms with E-state index in [1.54, 1.807) is 0 Å². The summed E-state index contributed by atoms with van der Waals surface area (Å²) in [7, 11) is 0. The van der Waals surface area contributed by atoms with Crippen LogP contribution in [-0.4, -0.2) is 4.83 Å². The molecule has 1 atom stereocenters. The van der Waals surface area contributed by atoms with Crippen molar-refractivity contribution in [3.05, 3.63) is 48.0 Å². The van der Waals surface area contributed by atoms with Crippen molar-refractivity contribution in [1.29, 1.82) is 0 Å². The molecular formula is C17H21Br. The van der Waals surface area contributed by atoms with Crippen LogP contribution in [0, 0.1) is 5.41 Å². The highest BCUT2D eigenvalue weighted by Crippen LogP contribution is 2.30. The normalized spacial score (nSPS) is 13.8. The second kappa shape index (κ2) is 5.44. The van der Waals surface area contributed by atoms with Crippen molar-refractivity contribution >= 4 is 26.7 Å². The van der Waals surface area contributed by atoms with Gasteiger partial charge >= 0.3 is 0 Å². The molecule has 2 rings (SSSR count). The zero-order valence-electron chi connectivity index (χ0n) is 11.4. The second-order valence-electron chi connectivity index (χ2n) is 6.05. The molecule has 96 valence electrons. The predicted molar refractivity (Wildman–Crippen MR) is 84.4 cm³/mol. The van der Waals surface area contributed by atoms with Crippen LogP contribution in [0.2, 0.25) is 0 Å². The quantitative estimate of drug-likeness (QED) is 0.649. The Morgan fingerprint density at radius 1 is 1.00 bits per heavy atom. The first-order valence-corrected chi connectivity index (χ1v) is 7.50. The van der Waals surface area contributed by atoms with Crippen LogP contribution in [0.5, 0.6) is 0 Å². The molecule has 0 aliphatic carbocycles. The third kappa shape index (κ3) is 3.35. The maximum absolute atomic E-state index is 3.81.